The molecule has 5 heteroatoms. The molecule has 1 aromatic rings. The van der Waals surface area contributed by atoms with Gasteiger partial charge in [0.25, 0.3) is 0 Å². The lowest BCUT2D eigenvalue weighted by atomic mass is 10.3. The van der Waals surface area contributed by atoms with Crippen LogP contribution in [0.5, 0.6) is 0 Å². The van der Waals surface area contributed by atoms with E-state index in [1.807, 2.05) is 13.2 Å². The summed E-state index contributed by atoms with van der Waals surface area (Å²) >= 11 is 13.5. The van der Waals surface area contributed by atoms with E-state index in [1.54, 1.807) is 11.8 Å². The third-order valence-electron chi connectivity index (χ3n) is 1.58. The van der Waals surface area contributed by atoms with E-state index in [2.05, 4.69) is 9.97 Å². The highest BCUT2D eigenvalue weighted by atomic mass is 35.5. The van der Waals surface area contributed by atoms with E-state index in [4.69, 9.17) is 23.2 Å². The van der Waals surface area contributed by atoms with Crippen LogP contribution >= 0.6 is 35.0 Å². The maximum Gasteiger partial charge on any atom is 0.141 e. The minimum Gasteiger partial charge on any atom is -0.220 e. The lowest BCUT2D eigenvalue weighted by molar-refractivity contribution is 0.980. The van der Waals surface area contributed by atoms with Crippen LogP contribution in [0.25, 0.3) is 0 Å². The zero-order valence-electron chi connectivity index (χ0n) is 7.47. The van der Waals surface area contributed by atoms with Crippen molar-refractivity contribution in [2.45, 2.75) is 19.1 Å². The summed E-state index contributed by atoms with van der Waals surface area (Å²) in [4.78, 5) is 8.29. The number of hydrogen-bond donors (Lipinski definition) is 0. The zero-order chi connectivity index (χ0) is 9.84. The predicted octanol–water partition coefficient (Wildman–Crippen LogP) is 3.21. The zero-order valence-corrected chi connectivity index (χ0v) is 9.80. The first-order valence-electron chi connectivity index (χ1n) is 3.88. The van der Waals surface area contributed by atoms with Gasteiger partial charge < -0.3 is 0 Å². The predicted molar refractivity (Wildman–Crippen MR) is 58.6 cm³/mol. The molecule has 0 N–H and O–H groups in total. The summed E-state index contributed by atoms with van der Waals surface area (Å²) in [5.74, 6) is 1.43. The van der Waals surface area contributed by atoms with Crippen molar-refractivity contribution in [1.29, 1.82) is 0 Å². The van der Waals surface area contributed by atoms with Crippen LogP contribution in [0.2, 0.25) is 10.3 Å². The second-order valence-corrected chi connectivity index (χ2v) is 4.07. The third kappa shape index (κ3) is 2.73. The highest BCUT2D eigenvalue weighted by Gasteiger charge is 2.08. The Hall–Kier alpha value is 0.01000. The first-order chi connectivity index (χ1) is 6.19. The number of hydrogen-bond acceptors (Lipinski definition) is 3. The molecule has 0 unspecified atom stereocenters. The van der Waals surface area contributed by atoms with Gasteiger partial charge in [-0.3, -0.25) is 0 Å². The molecule has 0 spiro atoms. The molecule has 0 saturated carbocycles. The molecule has 0 bridgehead atoms. The smallest absolute Gasteiger partial charge is 0.141 e. The van der Waals surface area contributed by atoms with Crippen molar-refractivity contribution in [1.82, 2.24) is 9.97 Å². The molecule has 0 atom stereocenters. The van der Waals surface area contributed by atoms with Crippen LogP contribution < -0.4 is 0 Å². The van der Waals surface area contributed by atoms with Crippen LogP contribution in [0.4, 0.5) is 0 Å². The largest absolute Gasteiger partial charge is 0.220 e. The summed E-state index contributed by atoms with van der Waals surface area (Å²) in [5.41, 5.74) is 0.827. The van der Waals surface area contributed by atoms with Crippen molar-refractivity contribution >= 4 is 35.0 Å². The molecular formula is C8H10Cl2N2S. The molecule has 0 saturated heterocycles. The summed E-state index contributed by atoms with van der Waals surface area (Å²) in [6.07, 6.45) is 2.75. The Balaban J connectivity index is 3.05. The van der Waals surface area contributed by atoms with Crippen LogP contribution in [-0.4, -0.2) is 16.2 Å². The van der Waals surface area contributed by atoms with E-state index in [0.29, 0.717) is 16.1 Å². The second-order valence-electron chi connectivity index (χ2n) is 2.49. The van der Waals surface area contributed by atoms with Gasteiger partial charge in [-0.05, 0) is 12.7 Å². The Morgan fingerprint density at radius 1 is 1.23 bits per heavy atom. The van der Waals surface area contributed by atoms with Crippen LogP contribution in [0.3, 0.4) is 0 Å². The molecule has 0 radical (unpaired) electrons. The third-order valence-corrected chi connectivity index (χ3v) is 2.75. The van der Waals surface area contributed by atoms with Gasteiger partial charge in [0, 0.05) is 5.56 Å². The number of thioether (sulfide) groups is 1. The lowest BCUT2D eigenvalue weighted by Gasteiger charge is -2.04. The van der Waals surface area contributed by atoms with E-state index < -0.39 is 0 Å². The van der Waals surface area contributed by atoms with Crippen molar-refractivity contribution in [2.24, 2.45) is 0 Å². The van der Waals surface area contributed by atoms with Crippen LogP contribution in [0.15, 0.2) is 0 Å². The Morgan fingerprint density at radius 2 is 1.77 bits per heavy atom. The molecule has 1 heterocycles. The molecule has 2 nitrogen and oxygen atoms in total. The van der Waals surface area contributed by atoms with Crippen molar-refractivity contribution in [3.05, 3.63) is 21.7 Å². The normalized spacial score (nSPS) is 10.5. The van der Waals surface area contributed by atoms with Crippen molar-refractivity contribution < 1.29 is 0 Å². The lowest BCUT2D eigenvalue weighted by Crippen LogP contribution is -1.98. The summed E-state index contributed by atoms with van der Waals surface area (Å²) < 4.78 is 0. The van der Waals surface area contributed by atoms with Gasteiger partial charge in [0.2, 0.25) is 0 Å². The molecule has 0 amide bonds. The van der Waals surface area contributed by atoms with Gasteiger partial charge in [-0.15, -0.1) is 0 Å². The fourth-order valence-electron chi connectivity index (χ4n) is 0.957. The fourth-order valence-corrected chi connectivity index (χ4v) is 2.03. The molecule has 0 aliphatic heterocycles. The summed E-state index contributed by atoms with van der Waals surface area (Å²) in [7, 11) is 0. The molecule has 1 rings (SSSR count). The highest BCUT2D eigenvalue weighted by molar-refractivity contribution is 7.97. The number of nitrogens with zero attached hydrogens (tertiary/aromatic N) is 2. The second kappa shape index (κ2) is 5.03. The summed E-state index contributed by atoms with van der Waals surface area (Å²) in [6, 6.07) is 0. The Morgan fingerprint density at radius 3 is 2.15 bits per heavy atom. The van der Waals surface area contributed by atoms with Crippen LogP contribution in [0, 0.1) is 0 Å². The van der Waals surface area contributed by atoms with E-state index in [1.165, 1.54) is 0 Å². The minimum absolute atomic E-state index is 0.478. The number of aromatic nitrogens is 2. The van der Waals surface area contributed by atoms with Gasteiger partial charge in [-0.25, -0.2) is 9.97 Å². The number of halogens is 2. The average molecular weight is 237 g/mol. The summed E-state index contributed by atoms with van der Waals surface area (Å²) in [6.45, 7) is 1.98. The molecule has 72 valence electrons. The van der Waals surface area contributed by atoms with Crippen molar-refractivity contribution in [3.8, 4) is 0 Å². The SMILES string of the molecule is CCc1c(Cl)nc(CSC)nc1Cl. The maximum atomic E-state index is 5.93. The first-order valence-corrected chi connectivity index (χ1v) is 6.03. The molecule has 0 aliphatic carbocycles. The Kier molecular flexibility index (Phi) is 4.29. The Bertz CT molecular complexity index is 281. The van der Waals surface area contributed by atoms with E-state index in [9.17, 15) is 0 Å². The molecule has 0 aromatic carbocycles. The Labute approximate surface area is 92.1 Å². The van der Waals surface area contributed by atoms with Gasteiger partial charge in [0.1, 0.15) is 16.1 Å². The molecule has 13 heavy (non-hydrogen) atoms. The fraction of sp³-hybridized carbons (Fsp3) is 0.500. The molecule has 0 aliphatic rings. The maximum absolute atomic E-state index is 5.93. The van der Waals surface area contributed by atoms with Gasteiger partial charge >= 0.3 is 0 Å². The van der Waals surface area contributed by atoms with Gasteiger partial charge in [-0.2, -0.15) is 11.8 Å². The highest BCUT2D eigenvalue weighted by Crippen LogP contribution is 2.22. The first kappa shape index (κ1) is 11.1. The van der Waals surface area contributed by atoms with Crippen molar-refractivity contribution in [3.63, 3.8) is 0 Å². The quantitative estimate of drug-likeness (QED) is 0.755. The van der Waals surface area contributed by atoms with Crippen LogP contribution in [-0.2, 0) is 12.2 Å². The van der Waals surface area contributed by atoms with E-state index in [0.717, 1.165) is 17.7 Å². The van der Waals surface area contributed by atoms with Crippen molar-refractivity contribution in [2.75, 3.05) is 6.26 Å². The number of rotatable bonds is 3. The minimum atomic E-state index is 0.478. The standard InChI is InChI=1S/C8H10Cl2N2S/c1-3-5-7(9)11-6(4-13-2)12-8(5)10/h3-4H2,1-2H3. The van der Waals surface area contributed by atoms with Gasteiger partial charge in [-0.1, -0.05) is 30.1 Å². The van der Waals surface area contributed by atoms with Gasteiger partial charge in [0.05, 0.1) is 5.75 Å². The molecule has 0 fully saturated rings. The average Bonchev–Trinajstić information content (AvgIpc) is 2.04. The molecular weight excluding hydrogens is 227 g/mol. The summed E-state index contributed by atoms with van der Waals surface area (Å²) in [5, 5.41) is 0.957. The topological polar surface area (TPSA) is 25.8 Å². The van der Waals surface area contributed by atoms with Crippen LogP contribution in [0.1, 0.15) is 18.3 Å². The molecule has 1 aromatic heterocycles. The van der Waals surface area contributed by atoms with E-state index in [-0.39, 0.29) is 0 Å². The van der Waals surface area contributed by atoms with Gasteiger partial charge in [0.15, 0.2) is 0 Å². The van der Waals surface area contributed by atoms with E-state index >= 15 is 0 Å². The monoisotopic (exact) mass is 236 g/mol.